The van der Waals surface area contributed by atoms with Crippen LogP contribution in [0.4, 0.5) is 10.1 Å². The lowest BCUT2D eigenvalue weighted by molar-refractivity contribution is -0.138. The minimum Gasteiger partial charge on any atom is -0.479 e. The highest BCUT2D eigenvalue weighted by molar-refractivity contribution is 9.10. The fourth-order valence-corrected chi connectivity index (χ4v) is 2.52. The fourth-order valence-electron chi connectivity index (χ4n) is 1.72. The van der Waals surface area contributed by atoms with Crippen molar-refractivity contribution in [2.24, 2.45) is 0 Å². The molecule has 0 aliphatic heterocycles. The molecule has 0 radical (unpaired) electrons. The van der Waals surface area contributed by atoms with Crippen LogP contribution >= 0.6 is 31.9 Å². The van der Waals surface area contributed by atoms with E-state index in [4.69, 9.17) is 0 Å². The molecule has 2 aromatic rings. The summed E-state index contributed by atoms with van der Waals surface area (Å²) in [6, 6.07) is 10.4. The average Bonchev–Trinajstić information content (AvgIpc) is 2.39. The van der Waals surface area contributed by atoms with Crippen molar-refractivity contribution in [3.05, 3.63) is 62.8 Å². The van der Waals surface area contributed by atoms with Crippen molar-refractivity contribution in [1.82, 2.24) is 0 Å². The summed E-state index contributed by atoms with van der Waals surface area (Å²) in [4.78, 5) is 11.4. The van der Waals surface area contributed by atoms with E-state index < -0.39 is 17.8 Å². The van der Waals surface area contributed by atoms with Gasteiger partial charge in [0.15, 0.2) is 6.04 Å². The molecule has 0 spiro atoms. The number of carbonyl (C=O) groups is 1. The van der Waals surface area contributed by atoms with Crippen LogP contribution in [0.15, 0.2) is 51.4 Å². The molecule has 0 saturated carbocycles. The second kappa shape index (κ2) is 6.37. The molecule has 0 aliphatic rings. The Labute approximate surface area is 132 Å². The van der Waals surface area contributed by atoms with E-state index >= 15 is 0 Å². The first kappa shape index (κ1) is 15.0. The zero-order valence-electron chi connectivity index (χ0n) is 10.1. The van der Waals surface area contributed by atoms with E-state index in [1.54, 1.807) is 18.2 Å². The van der Waals surface area contributed by atoms with Gasteiger partial charge in [-0.3, -0.25) is 0 Å². The zero-order valence-corrected chi connectivity index (χ0v) is 13.3. The van der Waals surface area contributed by atoms with Crippen LogP contribution in [0.25, 0.3) is 0 Å². The Morgan fingerprint density at radius 2 is 1.95 bits per heavy atom. The van der Waals surface area contributed by atoms with Crippen LogP contribution in [-0.2, 0) is 4.79 Å². The molecule has 0 saturated heterocycles. The molecule has 20 heavy (non-hydrogen) atoms. The van der Waals surface area contributed by atoms with Crippen molar-refractivity contribution in [2.75, 3.05) is 5.32 Å². The third-order valence-electron chi connectivity index (χ3n) is 2.66. The summed E-state index contributed by atoms with van der Waals surface area (Å²) in [5, 5.41) is 12.2. The summed E-state index contributed by atoms with van der Waals surface area (Å²) < 4.78 is 14.3. The molecular weight excluding hydrogens is 393 g/mol. The van der Waals surface area contributed by atoms with Gasteiger partial charge in [0, 0.05) is 10.2 Å². The Balaban J connectivity index is 2.32. The van der Waals surface area contributed by atoms with Crippen LogP contribution in [0.5, 0.6) is 0 Å². The number of benzene rings is 2. The van der Waals surface area contributed by atoms with Crippen molar-refractivity contribution in [3.63, 3.8) is 0 Å². The minimum absolute atomic E-state index is 0.234. The SMILES string of the molecule is O=C(O)C(Nc1cccc(Br)c1)c1ccc(F)c(Br)c1. The van der Waals surface area contributed by atoms with E-state index in [1.807, 2.05) is 6.07 Å². The maximum absolute atomic E-state index is 13.2. The van der Waals surface area contributed by atoms with Crippen molar-refractivity contribution in [3.8, 4) is 0 Å². The summed E-state index contributed by atoms with van der Waals surface area (Å²) in [5.74, 6) is -1.47. The molecule has 0 aromatic heterocycles. The molecule has 0 aliphatic carbocycles. The number of rotatable bonds is 4. The lowest BCUT2D eigenvalue weighted by Crippen LogP contribution is -2.20. The second-order valence-corrected chi connectivity index (χ2v) is 5.87. The van der Waals surface area contributed by atoms with Gasteiger partial charge in [0.05, 0.1) is 4.47 Å². The number of nitrogens with one attached hydrogen (secondary N) is 1. The number of hydrogen-bond acceptors (Lipinski definition) is 2. The van der Waals surface area contributed by atoms with E-state index in [0.717, 1.165) is 4.47 Å². The van der Waals surface area contributed by atoms with Gasteiger partial charge in [-0.25, -0.2) is 9.18 Å². The van der Waals surface area contributed by atoms with Gasteiger partial charge in [-0.1, -0.05) is 28.1 Å². The van der Waals surface area contributed by atoms with Gasteiger partial charge in [0.2, 0.25) is 0 Å². The molecule has 1 atom stereocenters. The smallest absolute Gasteiger partial charge is 0.330 e. The lowest BCUT2D eigenvalue weighted by Gasteiger charge is -2.17. The third kappa shape index (κ3) is 3.58. The molecule has 2 N–H and O–H groups in total. The molecule has 3 nitrogen and oxygen atoms in total. The van der Waals surface area contributed by atoms with E-state index in [1.165, 1.54) is 18.2 Å². The van der Waals surface area contributed by atoms with Crippen LogP contribution in [-0.4, -0.2) is 11.1 Å². The standard InChI is InChI=1S/C14H10Br2FNO2/c15-9-2-1-3-10(7-9)18-13(14(19)20)8-4-5-12(17)11(16)6-8/h1-7,13,18H,(H,19,20). The average molecular weight is 403 g/mol. The van der Waals surface area contributed by atoms with Gasteiger partial charge in [-0.05, 0) is 51.8 Å². The van der Waals surface area contributed by atoms with Gasteiger partial charge in [0.25, 0.3) is 0 Å². The third-order valence-corrected chi connectivity index (χ3v) is 3.76. The zero-order chi connectivity index (χ0) is 14.7. The van der Waals surface area contributed by atoms with Crippen LogP contribution in [0.1, 0.15) is 11.6 Å². The van der Waals surface area contributed by atoms with Crippen molar-refractivity contribution in [1.29, 1.82) is 0 Å². The maximum atomic E-state index is 13.2. The number of aliphatic carboxylic acids is 1. The van der Waals surface area contributed by atoms with Crippen molar-refractivity contribution >= 4 is 43.5 Å². The first-order valence-electron chi connectivity index (χ1n) is 5.67. The van der Waals surface area contributed by atoms with Crippen LogP contribution in [0, 0.1) is 5.82 Å². The van der Waals surface area contributed by atoms with Crippen LogP contribution in [0.2, 0.25) is 0 Å². The van der Waals surface area contributed by atoms with Gasteiger partial charge in [0.1, 0.15) is 5.82 Å². The van der Waals surface area contributed by atoms with E-state index in [0.29, 0.717) is 11.3 Å². The Morgan fingerprint density at radius 1 is 1.20 bits per heavy atom. The number of hydrogen-bond donors (Lipinski definition) is 2. The number of anilines is 1. The topological polar surface area (TPSA) is 49.3 Å². The van der Waals surface area contributed by atoms with Crippen molar-refractivity contribution in [2.45, 2.75) is 6.04 Å². The first-order valence-corrected chi connectivity index (χ1v) is 7.26. The highest BCUT2D eigenvalue weighted by Gasteiger charge is 2.20. The minimum atomic E-state index is -1.04. The fraction of sp³-hybridized carbons (Fsp3) is 0.0714. The molecule has 1 unspecified atom stereocenters. The molecule has 0 bridgehead atoms. The normalized spacial score (nSPS) is 11.9. The molecular formula is C14H10Br2FNO2. The highest BCUT2D eigenvalue weighted by Crippen LogP contribution is 2.26. The van der Waals surface area contributed by atoms with Crippen molar-refractivity contribution < 1.29 is 14.3 Å². The summed E-state index contributed by atoms with van der Waals surface area (Å²) in [5.41, 5.74) is 1.12. The predicted molar refractivity (Wildman–Crippen MR) is 82.2 cm³/mol. The Morgan fingerprint density at radius 3 is 2.55 bits per heavy atom. The molecule has 6 heteroatoms. The molecule has 2 aromatic carbocycles. The second-order valence-electron chi connectivity index (χ2n) is 4.10. The first-order chi connectivity index (χ1) is 9.47. The monoisotopic (exact) mass is 401 g/mol. The van der Waals surface area contributed by atoms with E-state index in [-0.39, 0.29) is 4.47 Å². The van der Waals surface area contributed by atoms with Gasteiger partial charge < -0.3 is 10.4 Å². The Kier molecular flexibility index (Phi) is 4.77. The van der Waals surface area contributed by atoms with Crippen LogP contribution in [0.3, 0.4) is 0 Å². The Hall–Kier alpha value is -1.40. The van der Waals surface area contributed by atoms with Gasteiger partial charge >= 0.3 is 5.97 Å². The highest BCUT2D eigenvalue weighted by atomic mass is 79.9. The maximum Gasteiger partial charge on any atom is 0.330 e. The number of halogens is 3. The van der Waals surface area contributed by atoms with Crippen LogP contribution < -0.4 is 5.32 Å². The summed E-state index contributed by atoms with van der Waals surface area (Å²) in [6.45, 7) is 0. The molecule has 2 rings (SSSR count). The quantitative estimate of drug-likeness (QED) is 0.786. The lowest BCUT2D eigenvalue weighted by atomic mass is 10.1. The molecule has 0 heterocycles. The van der Waals surface area contributed by atoms with E-state index in [9.17, 15) is 14.3 Å². The summed E-state index contributed by atoms with van der Waals surface area (Å²) in [6.07, 6.45) is 0. The van der Waals surface area contributed by atoms with Gasteiger partial charge in [-0.15, -0.1) is 0 Å². The Bertz CT molecular complexity index is 649. The largest absolute Gasteiger partial charge is 0.479 e. The molecule has 0 amide bonds. The predicted octanol–water partition coefficient (Wildman–Crippen LogP) is 4.59. The van der Waals surface area contributed by atoms with Gasteiger partial charge in [-0.2, -0.15) is 0 Å². The molecule has 104 valence electrons. The van der Waals surface area contributed by atoms with E-state index in [2.05, 4.69) is 37.2 Å². The number of carboxylic acid groups (broad SMARTS) is 1. The summed E-state index contributed by atoms with van der Waals surface area (Å²) in [7, 11) is 0. The summed E-state index contributed by atoms with van der Waals surface area (Å²) >= 11 is 6.38. The molecule has 0 fully saturated rings. The number of carboxylic acids is 1.